The summed E-state index contributed by atoms with van der Waals surface area (Å²) in [5.74, 6) is 1.65. The number of nitrogens with zero attached hydrogens (tertiary/aromatic N) is 2. The summed E-state index contributed by atoms with van der Waals surface area (Å²) < 4.78 is 0. The van der Waals surface area contributed by atoms with Crippen molar-refractivity contribution in [3.63, 3.8) is 0 Å². The van der Waals surface area contributed by atoms with Gasteiger partial charge in [-0.1, -0.05) is 48.0 Å². The van der Waals surface area contributed by atoms with Crippen LogP contribution in [0.15, 0.2) is 0 Å². The molecule has 0 rings (SSSR count). The highest BCUT2D eigenvalue weighted by Crippen LogP contribution is 2.18. The maximum Gasteiger partial charge on any atom is 0.000953 e. The summed E-state index contributed by atoms with van der Waals surface area (Å²) in [6.45, 7) is 21.1. The zero-order chi connectivity index (χ0) is 16.1. The van der Waals surface area contributed by atoms with Crippen molar-refractivity contribution >= 4 is 0 Å². The molecule has 0 saturated heterocycles. The maximum atomic E-state index is 2.58. The van der Waals surface area contributed by atoms with Gasteiger partial charge in [0.25, 0.3) is 0 Å². The standard InChI is InChI=1S/C19H41N2/c1-7-13-19(17-21(10-4)11-5)15-12-14-18(6)16-20(8-2)9-3/h12,18-19H,7-11,13-17H2,1-6H3. The molecule has 2 heteroatoms. The fourth-order valence-corrected chi connectivity index (χ4v) is 3.15. The molecule has 2 nitrogen and oxygen atoms in total. The van der Waals surface area contributed by atoms with E-state index in [0.29, 0.717) is 0 Å². The molecular weight excluding hydrogens is 256 g/mol. The Kier molecular flexibility index (Phi) is 13.5. The van der Waals surface area contributed by atoms with Gasteiger partial charge in [0.05, 0.1) is 0 Å². The minimum absolute atomic E-state index is 0.792. The fourth-order valence-electron chi connectivity index (χ4n) is 3.15. The van der Waals surface area contributed by atoms with Gasteiger partial charge in [-0.2, -0.15) is 0 Å². The van der Waals surface area contributed by atoms with Crippen molar-refractivity contribution in [3.05, 3.63) is 6.42 Å². The summed E-state index contributed by atoms with van der Waals surface area (Å²) >= 11 is 0. The van der Waals surface area contributed by atoms with E-state index < -0.39 is 0 Å². The third kappa shape index (κ3) is 10.3. The van der Waals surface area contributed by atoms with Crippen LogP contribution in [0.1, 0.15) is 67.2 Å². The van der Waals surface area contributed by atoms with E-state index in [1.54, 1.807) is 0 Å². The van der Waals surface area contributed by atoms with Crippen molar-refractivity contribution in [2.45, 2.75) is 67.2 Å². The molecule has 0 spiro atoms. The molecule has 0 aromatic heterocycles. The van der Waals surface area contributed by atoms with Crippen LogP contribution in [0.25, 0.3) is 0 Å². The van der Waals surface area contributed by atoms with E-state index in [-0.39, 0.29) is 0 Å². The zero-order valence-electron chi connectivity index (χ0n) is 15.7. The molecule has 2 unspecified atom stereocenters. The van der Waals surface area contributed by atoms with E-state index in [4.69, 9.17) is 0 Å². The summed E-state index contributed by atoms with van der Waals surface area (Å²) in [4.78, 5) is 5.12. The molecule has 2 atom stereocenters. The second-order valence-corrected chi connectivity index (χ2v) is 6.49. The second kappa shape index (κ2) is 13.6. The lowest BCUT2D eigenvalue weighted by Crippen LogP contribution is -2.30. The van der Waals surface area contributed by atoms with E-state index in [9.17, 15) is 0 Å². The van der Waals surface area contributed by atoms with Crippen molar-refractivity contribution in [3.8, 4) is 0 Å². The molecule has 0 fully saturated rings. The van der Waals surface area contributed by atoms with Crippen molar-refractivity contribution in [2.75, 3.05) is 39.3 Å². The van der Waals surface area contributed by atoms with Gasteiger partial charge in [-0.05, 0) is 63.7 Å². The molecule has 21 heavy (non-hydrogen) atoms. The van der Waals surface area contributed by atoms with Crippen LogP contribution in [0.4, 0.5) is 0 Å². The number of rotatable bonds is 14. The lowest BCUT2D eigenvalue weighted by Gasteiger charge is -2.26. The summed E-state index contributed by atoms with van der Waals surface area (Å²) in [6.07, 6.45) is 7.83. The first-order valence-electron chi connectivity index (χ1n) is 9.37. The predicted octanol–water partition coefficient (Wildman–Crippen LogP) is 4.71. The SMILES string of the molecule is CCCC(C[CH]CC(C)CN(CC)CC)CN(CC)CC. The normalized spacial score (nSPS) is 14.9. The molecule has 0 aliphatic rings. The molecule has 0 heterocycles. The van der Waals surface area contributed by atoms with E-state index in [0.717, 1.165) is 11.8 Å². The van der Waals surface area contributed by atoms with E-state index >= 15 is 0 Å². The summed E-state index contributed by atoms with van der Waals surface area (Å²) in [6, 6.07) is 0. The molecule has 0 aliphatic heterocycles. The number of hydrogen-bond donors (Lipinski definition) is 0. The van der Waals surface area contributed by atoms with Crippen molar-refractivity contribution in [2.24, 2.45) is 11.8 Å². The Bertz CT molecular complexity index is 210. The minimum atomic E-state index is 0.792. The van der Waals surface area contributed by atoms with Crippen LogP contribution in [0.3, 0.4) is 0 Å². The Balaban J connectivity index is 4.01. The highest BCUT2D eigenvalue weighted by atomic mass is 15.1. The van der Waals surface area contributed by atoms with Crippen LogP contribution >= 0.6 is 0 Å². The molecule has 0 saturated carbocycles. The maximum absolute atomic E-state index is 2.58. The monoisotopic (exact) mass is 297 g/mol. The lowest BCUT2D eigenvalue weighted by atomic mass is 9.93. The molecule has 1 radical (unpaired) electrons. The topological polar surface area (TPSA) is 6.48 Å². The van der Waals surface area contributed by atoms with E-state index in [1.807, 2.05) is 0 Å². The summed E-state index contributed by atoms with van der Waals surface area (Å²) in [5.41, 5.74) is 0. The van der Waals surface area contributed by atoms with E-state index in [2.05, 4.69) is 57.8 Å². The molecular formula is C19H41N2. The van der Waals surface area contributed by atoms with Gasteiger partial charge in [0, 0.05) is 13.1 Å². The Morgan fingerprint density at radius 1 is 0.762 bits per heavy atom. The molecule has 127 valence electrons. The molecule has 0 aromatic rings. The van der Waals surface area contributed by atoms with Gasteiger partial charge in [-0.3, -0.25) is 0 Å². The Hall–Kier alpha value is -0.0800. The van der Waals surface area contributed by atoms with Gasteiger partial charge in [-0.15, -0.1) is 0 Å². The Morgan fingerprint density at radius 3 is 1.76 bits per heavy atom. The van der Waals surface area contributed by atoms with Crippen LogP contribution in [0, 0.1) is 18.3 Å². The van der Waals surface area contributed by atoms with Gasteiger partial charge in [-0.25, -0.2) is 0 Å². The van der Waals surface area contributed by atoms with Gasteiger partial charge in [0.2, 0.25) is 0 Å². The van der Waals surface area contributed by atoms with Crippen LogP contribution in [0.5, 0.6) is 0 Å². The fraction of sp³-hybridized carbons (Fsp3) is 0.947. The average Bonchev–Trinajstić information content (AvgIpc) is 2.50. The second-order valence-electron chi connectivity index (χ2n) is 6.49. The van der Waals surface area contributed by atoms with Crippen molar-refractivity contribution < 1.29 is 0 Å². The van der Waals surface area contributed by atoms with Crippen molar-refractivity contribution in [1.82, 2.24) is 9.80 Å². The van der Waals surface area contributed by atoms with Gasteiger partial charge in [0.1, 0.15) is 0 Å². The molecule has 0 bridgehead atoms. The first-order chi connectivity index (χ1) is 10.1. The largest absolute Gasteiger partial charge is 0.304 e. The molecule has 0 aliphatic carbocycles. The molecule has 0 aromatic carbocycles. The van der Waals surface area contributed by atoms with Crippen LogP contribution in [-0.2, 0) is 0 Å². The smallest absolute Gasteiger partial charge is 0.000953 e. The molecule has 0 N–H and O–H groups in total. The quantitative estimate of drug-likeness (QED) is 0.458. The minimum Gasteiger partial charge on any atom is -0.304 e. The highest BCUT2D eigenvalue weighted by Gasteiger charge is 2.13. The first kappa shape index (κ1) is 20.9. The van der Waals surface area contributed by atoms with E-state index in [1.165, 1.54) is 65.0 Å². The summed E-state index contributed by atoms with van der Waals surface area (Å²) in [5, 5.41) is 0. The Labute approximate surface area is 135 Å². The average molecular weight is 298 g/mol. The van der Waals surface area contributed by atoms with Crippen LogP contribution in [-0.4, -0.2) is 49.1 Å². The third-order valence-corrected chi connectivity index (χ3v) is 4.64. The number of hydrogen-bond acceptors (Lipinski definition) is 2. The van der Waals surface area contributed by atoms with Gasteiger partial charge < -0.3 is 9.80 Å². The zero-order valence-corrected chi connectivity index (χ0v) is 15.7. The van der Waals surface area contributed by atoms with Crippen LogP contribution < -0.4 is 0 Å². The predicted molar refractivity (Wildman–Crippen MR) is 96.7 cm³/mol. The van der Waals surface area contributed by atoms with Gasteiger partial charge in [0.15, 0.2) is 0 Å². The lowest BCUT2D eigenvalue weighted by molar-refractivity contribution is 0.236. The van der Waals surface area contributed by atoms with Gasteiger partial charge >= 0.3 is 0 Å². The van der Waals surface area contributed by atoms with Crippen LogP contribution in [0.2, 0.25) is 0 Å². The summed E-state index contributed by atoms with van der Waals surface area (Å²) in [7, 11) is 0. The Morgan fingerprint density at radius 2 is 1.29 bits per heavy atom. The third-order valence-electron chi connectivity index (χ3n) is 4.64. The highest BCUT2D eigenvalue weighted by molar-refractivity contribution is 4.77. The first-order valence-corrected chi connectivity index (χ1v) is 9.37. The molecule has 0 amide bonds. The van der Waals surface area contributed by atoms with Crippen molar-refractivity contribution in [1.29, 1.82) is 0 Å².